The summed E-state index contributed by atoms with van der Waals surface area (Å²) in [7, 11) is -11.0. The number of likely N-dealkylation sites (tertiary alicyclic amines) is 1. The zero-order valence-corrected chi connectivity index (χ0v) is 58.0. The number of alkyl halides is 3. The second-order valence-corrected chi connectivity index (χ2v) is 32.4. The van der Waals surface area contributed by atoms with Crippen molar-refractivity contribution in [2.75, 3.05) is 139 Å². The molecular formula is C71H86ClF3N10O9S3. The van der Waals surface area contributed by atoms with Crippen molar-refractivity contribution in [1.82, 2.24) is 34.5 Å². The van der Waals surface area contributed by atoms with Crippen LogP contribution in [0.3, 0.4) is 0 Å². The minimum absolute atomic E-state index is 0.0155. The Balaban J connectivity index is 0.626. The van der Waals surface area contributed by atoms with Gasteiger partial charge in [-0.2, -0.15) is 13.2 Å². The fourth-order valence-corrected chi connectivity index (χ4v) is 18.0. The van der Waals surface area contributed by atoms with Crippen LogP contribution < -0.4 is 25.2 Å². The van der Waals surface area contributed by atoms with Gasteiger partial charge in [0.1, 0.15) is 10.9 Å². The van der Waals surface area contributed by atoms with Crippen LogP contribution in [-0.4, -0.2) is 206 Å². The Labute approximate surface area is 576 Å². The first-order valence-corrected chi connectivity index (χ1v) is 38.1. The number of piperidine rings is 2. The number of hydrogen-bond donors (Lipinski definition) is 3. The van der Waals surface area contributed by atoms with Gasteiger partial charge in [-0.25, -0.2) is 21.6 Å². The Morgan fingerprint density at radius 3 is 2.16 bits per heavy atom. The molecule has 520 valence electrons. The number of piperazine rings is 2. The molecule has 0 aromatic heterocycles. The van der Waals surface area contributed by atoms with Crippen LogP contribution in [0.1, 0.15) is 96.6 Å². The highest BCUT2D eigenvalue weighted by Gasteiger charge is 2.49. The smallest absolute Gasteiger partial charge is 0.380 e. The largest absolute Gasteiger partial charge is 0.501 e. The maximum absolute atomic E-state index is 14.4. The number of allylic oxidation sites excluding steroid dienone is 1. The number of carbonyl (C=O) groups is 4. The van der Waals surface area contributed by atoms with Crippen LogP contribution in [0.5, 0.6) is 0 Å². The normalized spacial score (nSPS) is 22.1. The van der Waals surface area contributed by atoms with E-state index >= 15 is 0 Å². The third-order valence-electron chi connectivity index (χ3n) is 20.3. The maximum Gasteiger partial charge on any atom is 0.501 e. The van der Waals surface area contributed by atoms with E-state index in [2.05, 4.69) is 65.2 Å². The minimum atomic E-state index is -6.10. The number of thioether (sulfide) groups is 1. The average Bonchev–Trinajstić information content (AvgIpc) is 1.77. The van der Waals surface area contributed by atoms with Gasteiger partial charge in [0.25, 0.3) is 31.7 Å². The predicted octanol–water partition coefficient (Wildman–Crippen LogP) is 9.50. The van der Waals surface area contributed by atoms with Gasteiger partial charge in [-0.05, 0) is 177 Å². The number of benzene rings is 5. The first kappa shape index (κ1) is 70.3. The molecule has 97 heavy (non-hydrogen) atoms. The third-order valence-corrected chi connectivity index (χ3v) is 24.6. The van der Waals surface area contributed by atoms with E-state index in [9.17, 15) is 49.2 Å². The fraction of sp³-hybridized carbons (Fsp3) is 0.493. The molecule has 3 N–H and O–H groups in total. The van der Waals surface area contributed by atoms with Crippen molar-refractivity contribution in [2.45, 2.75) is 104 Å². The molecule has 12 rings (SSSR count). The quantitative estimate of drug-likeness (QED) is 0.0436. The number of anilines is 3. The van der Waals surface area contributed by atoms with Crippen LogP contribution in [0.4, 0.5) is 30.2 Å². The number of halogens is 4. The lowest BCUT2D eigenvalue weighted by Crippen LogP contribution is -2.52. The standard InChI is InChI=1S/C71H86ClF3N10O9S3/c1-70(49-82-28-23-50(24-29-82)45-80-31-37-84(38-32-80)58-16-18-62-53(42-58)47-85(69(62)89)64-20-21-66(86)77-68(64)88)26-22-61(51-8-12-55(72)13-9-51)54(44-70)46-81-33-35-83(36-34-81)57-14-10-52(11-15-57)67(87)78-97(92,93)60-17-19-63(65(43-60)96(90,91)71(73,74)75)76-56(48-95-59-6-3-2-4-7-59)25-30-79-27-5-40-94-41-39-79/h2-4,6-19,42-43,50,56,64,76H,5,20-41,44-49H2,1H3,(H,78,87)(H,77,86,88)/t56-,64?,70-/m1/s1. The molecule has 7 aliphatic rings. The molecule has 1 unspecified atom stereocenters. The minimum Gasteiger partial charge on any atom is -0.380 e. The summed E-state index contributed by atoms with van der Waals surface area (Å²) in [5.41, 5.74) is 1.42. The molecule has 5 fully saturated rings. The molecule has 19 nitrogen and oxygen atoms in total. The Morgan fingerprint density at radius 2 is 1.45 bits per heavy atom. The van der Waals surface area contributed by atoms with Crippen LogP contribution in [-0.2, 0) is 40.7 Å². The molecule has 6 heterocycles. The van der Waals surface area contributed by atoms with Crippen molar-refractivity contribution in [1.29, 1.82) is 0 Å². The molecule has 4 amide bonds. The van der Waals surface area contributed by atoms with Gasteiger partial charge in [0.2, 0.25) is 11.8 Å². The molecule has 5 aromatic rings. The maximum atomic E-state index is 14.4. The number of nitrogens with one attached hydrogen (secondary N) is 3. The monoisotopic (exact) mass is 1410 g/mol. The van der Waals surface area contributed by atoms with Crippen molar-refractivity contribution in [3.05, 3.63) is 148 Å². The number of amides is 4. The Kier molecular flexibility index (Phi) is 22.1. The SMILES string of the molecule is C[C@@]1(CN2CCC(CN3CCN(c4ccc5c(c4)CN(C4CCC(=O)NC4=O)C5=O)CC3)CC2)CCC(c2ccc(Cl)cc2)=C(CN2CCN(c3ccc(C(=O)NS(=O)(=O)c4ccc(N[C@H](CCN5CCCOCC5)CSc5ccccc5)c(S(=O)(=O)C(F)(F)F)c4)cc3)CC2)C1. The van der Waals surface area contributed by atoms with E-state index in [1.54, 1.807) is 17.0 Å². The number of rotatable bonds is 22. The van der Waals surface area contributed by atoms with Crippen LogP contribution in [0, 0.1) is 11.3 Å². The summed E-state index contributed by atoms with van der Waals surface area (Å²) in [4.78, 5) is 66.3. The number of carbonyl (C=O) groups excluding carboxylic acids is 4. The lowest BCUT2D eigenvalue weighted by molar-refractivity contribution is -0.136. The zero-order valence-electron chi connectivity index (χ0n) is 54.7. The highest BCUT2D eigenvalue weighted by atomic mass is 35.5. The van der Waals surface area contributed by atoms with E-state index in [1.807, 2.05) is 59.3 Å². The molecule has 26 heteroatoms. The highest BCUT2D eigenvalue weighted by Crippen LogP contribution is 2.45. The second kappa shape index (κ2) is 30.5. The topological polar surface area (TPSA) is 205 Å². The van der Waals surface area contributed by atoms with Gasteiger partial charge in [0.15, 0.2) is 0 Å². The number of nitrogens with zero attached hydrogens (tertiary/aromatic N) is 7. The van der Waals surface area contributed by atoms with Gasteiger partial charge in [0, 0.05) is 155 Å². The Bertz CT molecular complexity index is 3920. The molecular weight excluding hydrogens is 1330 g/mol. The zero-order chi connectivity index (χ0) is 68.1. The van der Waals surface area contributed by atoms with Gasteiger partial charge >= 0.3 is 5.51 Å². The van der Waals surface area contributed by atoms with Crippen molar-refractivity contribution < 1.29 is 53.9 Å². The first-order chi connectivity index (χ1) is 46.5. The van der Waals surface area contributed by atoms with Crippen molar-refractivity contribution in [2.24, 2.45) is 11.3 Å². The number of imide groups is 1. The van der Waals surface area contributed by atoms with E-state index in [1.165, 1.54) is 40.6 Å². The molecule has 5 aromatic carbocycles. The predicted molar refractivity (Wildman–Crippen MR) is 371 cm³/mol. The van der Waals surface area contributed by atoms with Gasteiger partial charge < -0.3 is 34.6 Å². The third kappa shape index (κ3) is 17.2. The molecule has 0 saturated carbocycles. The molecule has 5 saturated heterocycles. The number of hydrogen-bond acceptors (Lipinski definition) is 17. The number of sulfone groups is 1. The molecule has 6 aliphatic heterocycles. The van der Waals surface area contributed by atoms with Gasteiger partial charge in [0.05, 0.1) is 17.2 Å². The number of sulfonamides is 1. The highest BCUT2D eigenvalue weighted by molar-refractivity contribution is 7.99. The van der Waals surface area contributed by atoms with Gasteiger partial charge in [-0.15, -0.1) is 11.8 Å². The van der Waals surface area contributed by atoms with E-state index in [0.29, 0.717) is 87.1 Å². The summed E-state index contributed by atoms with van der Waals surface area (Å²) < 4.78 is 105. The molecule has 0 spiro atoms. The van der Waals surface area contributed by atoms with Gasteiger partial charge in [-0.1, -0.05) is 54.4 Å². The summed E-state index contributed by atoms with van der Waals surface area (Å²) >= 11 is 7.86. The summed E-state index contributed by atoms with van der Waals surface area (Å²) in [6, 6.07) is 31.4. The van der Waals surface area contributed by atoms with E-state index in [4.69, 9.17) is 16.3 Å². The van der Waals surface area contributed by atoms with Crippen LogP contribution in [0.15, 0.2) is 136 Å². The molecule has 3 atom stereocenters. The summed E-state index contributed by atoms with van der Waals surface area (Å²) in [6.45, 7) is 17.8. The van der Waals surface area contributed by atoms with Crippen molar-refractivity contribution in [3.8, 4) is 0 Å². The summed E-state index contributed by atoms with van der Waals surface area (Å²) in [5.74, 6) is -0.898. The van der Waals surface area contributed by atoms with Crippen molar-refractivity contribution >= 4 is 89.5 Å². The summed E-state index contributed by atoms with van der Waals surface area (Å²) in [6.07, 6.45) is 7.17. The van der Waals surface area contributed by atoms with Crippen LogP contribution in [0.25, 0.3) is 5.57 Å². The average molecular weight is 1410 g/mol. The van der Waals surface area contributed by atoms with Gasteiger partial charge in [-0.3, -0.25) is 34.3 Å². The fourth-order valence-electron chi connectivity index (χ4n) is 14.9. The van der Waals surface area contributed by atoms with E-state index in [-0.39, 0.29) is 29.2 Å². The molecule has 1 aliphatic carbocycles. The Morgan fingerprint density at radius 1 is 0.753 bits per heavy atom. The van der Waals surface area contributed by atoms with Crippen LogP contribution in [0.2, 0.25) is 5.02 Å². The lowest BCUT2D eigenvalue weighted by atomic mass is 9.71. The van der Waals surface area contributed by atoms with E-state index < -0.39 is 64.7 Å². The number of fused-ring (bicyclic) bond motifs is 1. The van der Waals surface area contributed by atoms with Crippen molar-refractivity contribution in [3.63, 3.8) is 0 Å². The number of ether oxygens (including phenoxy) is 1. The Hall–Kier alpha value is -6.55. The first-order valence-electron chi connectivity index (χ1n) is 33.8. The lowest BCUT2D eigenvalue weighted by Gasteiger charge is -2.44. The molecule has 0 radical (unpaired) electrons. The second-order valence-electron chi connectivity index (χ2n) is 27.2. The van der Waals surface area contributed by atoms with E-state index in [0.717, 1.165) is 151 Å². The molecule has 0 bridgehead atoms. The summed E-state index contributed by atoms with van der Waals surface area (Å²) in [5, 5.41) is 6.11. The van der Waals surface area contributed by atoms with Crippen LogP contribution >= 0.6 is 23.4 Å².